The first-order chi connectivity index (χ1) is 19.1. The number of carbonyl (C=O) groups is 2. The largest absolute Gasteiger partial charge is 0.508 e. The van der Waals surface area contributed by atoms with Crippen molar-refractivity contribution in [1.82, 2.24) is 13.9 Å². The molecule has 0 bridgehead atoms. The molecular formula is C31H31N3O6. The van der Waals surface area contributed by atoms with Gasteiger partial charge in [0.15, 0.2) is 11.6 Å². The number of fused-ring (bicyclic) bond motifs is 4. The summed E-state index contributed by atoms with van der Waals surface area (Å²) in [5.74, 6) is -1.33. The van der Waals surface area contributed by atoms with Crippen LogP contribution in [0.25, 0.3) is 0 Å². The Balaban J connectivity index is 1.49. The molecule has 1 fully saturated rings. The van der Waals surface area contributed by atoms with Crippen LogP contribution in [0.3, 0.4) is 0 Å². The maximum Gasteiger partial charge on any atom is 0.347 e. The number of nitrogens with zero attached hydrogens (tertiary/aromatic N) is 3. The fourth-order valence-electron chi connectivity index (χ4n) is 6.89. The Bertz CT molecular complexity index is 1760. The molecule has 0 saturated heterocycles. The molecule has 40 heavy (non-hydrogen) atoms. The first-order valence-electron chi connectivity index (χ1n) is 13.4. The Morgan fingerprint density at radius 1 is 1.00 bits per heavy atom. The highest BCUT2D eigenvalue weighted by molar-refractivity contribution is 6.15. The first-order valence-corrected chi connectivity index (χ1v) is 13.4. The maximum atomic E-state index is 14.0. The fraction of sp³-hybridized carbons (Fsp3) is 0.355. The summed E-state index contributed by atoms with van der Waals surface area (Å²) in [5, 5.41) is 11.4. The van der Waals surface area contributed by atoms with Crippen molar-refractivity contribution in [3.05, 3.63) is 103 Å². The van der Waals surface area contributed by atoms with Crippen LogP contribution in [0.1, 0.15) is 50.3 Å². The Morgan fingerprint density at radius 2 is 1.73 bits per heavy atom. The molecule has 1 saturated carbocycles. The topological polar surface area (TPSA) is 113 Å². The quantitative estimate of drug-likeness (QED) is 0.507. The van der Waals surface area contributed by atoms with Gasteiger partial charge in [-0.25, -0.2) is 23.5 Å². The van der Waals surface area contributed by atoms with E-state index < -0.39 is 34.7 Å². The smallest absolute Gasteiger partial charge is 0.347 e. The van der Waals surface area contributed by atoms with E-state index >= 15 is 0 Å². The number of phenols is 1. The lowest BCUT2D eigenvalue weighted by molar-refractivity contribution is -0.140. The molecule has 0 unspecified atom stereocenters. The Hall–Kier alpha value is -4.40. The second-order valence-electron chi connectivity index (χ2n) is 11.2. The van der Waals surface area contributed by atoms with E-state index in [0.29, 0.717) is 29.1 Å². The molecule has 1 aromatic heterocycles. The monoisotopic (exact) mass is 541 g/mol. The van der Waals surface area contributed by atoms with Gasteiger partial charge in [-0.3, -0.25) is 9.59 Å². The molecule has 0 radical (unpaired) electrons. The minimum Gasteiger partial charge on any atom is -0.508 e. The van der Waals surface area contributed by atoms with Gasteiger partial charge >= 0.3 is 11.4 Å². The molecule has 4 atom stereocenters. The van der Waals surface area contributed by atoms with Gasteiger partial charge in [0, 0.05) is 30.5 Å². The van der Waals surface area contributed by atoms with E-state index in [2.05, 4.69) is 0 Å². The van der Waals surface area contributed by atoms with Gasteiger partial charge in [0.25, 0.3) is 0 Å². The van der Waals surface area contributed by atoms with Crippen molar-refractivity contribution in [3.8, 4) is 11.5 Å². The molecule has 2 aromatic carbocycles. The van der Waals surface area contributed by atoms with Crippen molar-refractivity contribution in [2.45, 2.75) is 52.3 Å². The minimum atomic E-state index is -1.19. The molecule has 1 N–H and O–H groups in total. The highest BCUT2D eigenvalue weighted by Crippen LogP contribution is 2.61. The average molecular weight is 542 g/mol. The van der Waals surface area contributed by atoms with Crippen LogP contribution in [0.15, 0.2) is 80.9 Å². The summed E-state index contributed by atoms with van der Waals surface area (Å²) < 4.78 is 9.75. The lowest BCUT2D eigenvalue weighted by atomic mass is 9.50. The van der Waals surface area contributed by atoms with E-state index in [-0.39, 0.29) is 30.3 Å². The van der Waals surface area contributed by atoms with Gasteiger partial charge in [-0.15, -0.1) is 0 Å². The van der Waals surface area contributed by atoms with Crippen molar-refractivity contribution < 1.29 is 19.4 Å². The molecule has 1 aliphatic heterocycles. The van der Waals surface area contributed by atoms with E-state index in [1.807, 2.05) is 36.4 Å². The molecule has 206 valence electrons. The molecule has 9 nitrogen and oxygen atoms in total. The second-order valence-corrected chi connectivity index (χ2v) is 11.2. The summed E-state index contributed by atoms with van der Waals surface area (Å²) in [5.41, 5.74) is 0.930. The summed E-state index contributed by atoms with van der Waals surface area (Å²) in [6.45, 7) is 5.60. The number of aromatic nitrogens is 3. The number of benzene rings is 2. The van der Waals surface area contributed by atoms with Crippen LogP contribution in [0.2, 0.25) is 0 Å². The predicted octanol–water partition coefficient (Wildman–Crippen LogP) is 3.41. The molecule has 9 heteroatoms. The van der Waals surface area contributed by atoms with E-state index in [4.69, 9.17) is 4.74 Å². The van der Waals surface area contributed by atoms with Crippen molar-refractivity contribution >= 4 is 11.6 Å². The highest BCUT2D eigenvalue weighted by Gasteiger charge is 2.60. The van der Waals surface area contributed by atoms with Gasteiger partial charge in [-0.2, -0.15) is 0 Å². The number of allylic oxidation sites excluding steroid dienone is 4. The van der Waals surface area contributed by atoms with E-state index in [9.17, 15) is 24.3 Å². The van der Waals surface area contributed by atoms with Gasteiger partial charge in [-0.1, -0.05) is 49.4 Å². The molecule has 2 aliphatic carbocycles. The zero-order valence-electron chi connectivity index (χ0n) is 22.9. The average Bonchev–Trinajstić information content (AvgIpc) is 3.18. The standard InChI is InChI=1S/C31H31N3O6/c1-17-18(2)28(37)31(3)23(27(17)36)15-24-21(12-13-33-29(38)32(4)30(39)34(24)33)26(31)22-11-10-20(14-25(22)35)40-16-19-8-6-5-7-9-19/h5-12,14,23-24,26,35H,13,15-16H2,1-4H3/t23-,24+,26+,31+/m0/s1. The van der Waals surface area contributed by atoms with Crippen LogP contribution in [0, 0.1) is 11.3 Å². The number of hydrogen-bond acceptors (Lipinski definition) is 6. The third-order valence-electron chi connectivity index (χ3n) is 9.19. The molecule has 0 amide bonds. The normalized spacial score (nSPS) is 25.7. The third-order valence-corrected chi connectivity index (χ3v) is 9.19. The van der Waals surface area contributed by atoms with E-state index in [0.717, 1.165) is 15.7 Å². The number of ketones is 2. The number of phenolic OH excluding ortho intramolecular Hbond substituents is 1. The molecule has 0 spiro atoms. The van der Waals surface area contributed by atoms with Crippen LogP contribution in [0.4, 0.5) is 0 Å². The van der Waals surface area contributed by atoms with Crippen LogP contribution in [-0.2, 0) is 29.8 Å². The summed E-state index contributed by atoms with van der Waals surface area (Å²) >= 11 is 0. The maximum absolute atomic E-state index is 14.0. The number of carbonyl (C=O) groups excluding carboxylic acids is 2. The molecule has 3 aliphatic rings. The van der Waals surface area contributed by atoms with E-state index in [1.165, 1.54) is 22.5 Å². The molecule has 6 rings (SSSR count). The van der Waals surface area contributed by atoms with Crippen LogP contribution in [0.5, 0.6) is 11.5 Å². The Morgan fingerprint density at radius 3 is 2.42 bits per heavy atom. The second kappa shape index (κ2) is 9.08. The Labute approximate surface area is 230 Å². The van der Waals surface area contributed by atoms with Crippen LogP contribution >= 0.6 is 0 Å². The number of Topliss-reactive ketones (excluding diaryl/α,β-unsaturated/α-hetero) is 2. The van der Waals surface area contributed by atoms with Crippen molar-refractivity contribution in [2.24, 2.45) is 18.4 Å². The fourth-order valence-corrected chi connectivity index (χ4v) is 6.89. The predicted molar refractivity (Wildman–Crippen MR) is 147 cm³/mol. The lowest BCUT2D eigenvalue weighted by Crippen LogP contribution is -2.55. The summed E-state index contributed by atoms with van der Waals surface area (Å²) in [7, 11) is 1.43. The summed E-state index contributed by atoms with van der Waals surface area (Å²) in [6.07, 6.45) is 2.07. The van der Waals surface area contributed by atoms with Gasteiger partial charge in [0.05, 0.1) is 18.0 Å². The van der Waals surface area contributed by atoms with Gasteiger partial charge in [0.2, 0.25) is 0 Å². The molecule has 2 heterocycles. The van der Waals surface area contributed by atoms with E-state index in [1.54, 1.807) is 32.9 Å². The number of rotatable bonds is 4. The van der Waals surface area contributed by atoms with Gasteiger partial charge in [-0.05, 0) is 48.6 Å². The number of aromatic hydroxyl groups is 1. The Kier molecular flexibility index (Phi) is 5.87. The number of hydrogen-bond donors (Lipinski definition) is 1. The molecular weight excluding hydrogens is 510 g/mol. The van der Waals surface area contributed by atoms with Crippen molar-refractivity contribution in [1.29, 1.82) is 0 Å². The third kappa shape index (κ3) is 3.53. The number of ether oxygens (including phenoxy) is 1. The van der Waals surface area contributed by atoms with Gasteiger partial charge < -0.3 is 9.84 Å². The SMILES string of the molecule is CC1=C(C)C(=O)[C@@]2(C)[C@@H](c3ccc(OCc4ccccc4)cc3O)C3=CCn4c(=O)n(C)c(=O)n4[C@@H]3C[C@H]2C1=O. The lowest BCUT2D eigenvalue weighted by Gasteiger charge is -2.53. The summed E-state index contributed by atoms with van der Waals surface area (Å²) in [6, 6.07) is 14.1. The van der Waals surface area contributed by atoms with Crippen molar-refractivity contribution in [3.63, 3.8) is 0 Å². The van der Waals surface area contributed by atoms with Crippen LogP contribution < -0.4 is 16.1 Å². The minimum absolute atomic E-state index is 0.0652. The molecule has 3 aromatic rings. The van der Waals surface area contributed by atoms with Crippen molar-refractivity contribution in [2.75, 3.05) is 0 Å². The zero-order valence-corrected chi connectivity index (χ0v) is 22.9. The first kappa shape index (κ1) is 25.9. The summed E-state index contributed by atoms with van der Waals surface area (Å²) in [4.78, 5) is 53.7. The zero-order chi connectivity index (χ0) is 28.5. The highest BCUT2D eigenvalue weighted by atomic mass is 16.5. The van der Waals surface area contributed by atoms with Gasteiger partial charge in [0.1, 0.15) is 18.1 Å². The van der Waals surface area contributed by atoms with Crippen LogP contribution in [-0.4, -0.2) is 30.6 Å².